The maximum atomic E-state index is 11.9. The average molecular weight is 256 g/mol. The summed E-state index contributed by atoms with van der Waals surface area (Å²) in [6, 6.07) is 12.6. The van der Waals surface area contributed by atoms with Gasteiger partial charge in [0.15, 0.2) is 5.75 Å². The van der Waals surface area contributed by atoms with Gasteiger partial charge in [-0.05, 0) is 24.6 Å². The van der Waals surface area contributed by atoms with Crippen LogP contribution in [0.4, 0.5) is 5.69 Å². The van der Waals surface area contributed by atoms with Gasteiger partial charge in [0, 0.05) is 6.54 Å². The number of aromatic hydroxyl groups is 1. The Balaban J connectivity index is 2.08. The lowest BCUT2D eigenvalue weighted by molar-refractivity contribution is 0.0948. The van der Waals surface area contributed by atoms with Gasteiger partial charge < -0.3 is 16.2 Å². The monoisotopic (exact) mass is 256 g/mol. The second-order valence-electron chi connectivity index (χ2n) is 4.42. The number of anilines is 1. The maximum absolute atomic E-state index is 11.9. The van der Waals surface area contributed by atoms with Crippen molar-refractivity contribution >= 4 is 11.6 Å². The minimum atomic E-state index is -0.341. The molecule has 0 unspecified atom stereocenters. The summed E-state index contributed by atoms with van der Waals surface area (Å²) in [5.41, 5.74) is 8.09. The Kier molecular flexibility index (Phi) is 3.71. The number of para-hydroxylation sites is 1. The van der Waals surface area contributed by atoms with Crippen LogP contribution in [0, 0.1) is 6.92 Å². The molecule has 0 spiro atoms. The number of amides is 1. The predicted molar refractivity (Wildman–Crippen MR) is 74.9 cm³/mol. The molecule has 19 heavy (non-hydrogen) atoms. The number of nitrogens with one attached hydrogen (secondary N) is 1. The average Bonchev–Trinajstić information content (AvgIpc) is 2.39. The van der Waals surface area contributed by atoms with Crippen LogP contribution in [-0.2, 0) is 6.54 Å². The first kappa shape index (κ1) is 13.0. The summed E-state index contributed by atoms with van der Waals surface area (Å²) in [5.74, 6) is -0.518. The van der Waals surface area contributed by atoms with E-state index in [2.05, 4.69) is 5.32 Å². The zero-order valence-electron chi connectivity index (χ0n) is 10.7. The molecule has 4 N–H and O–H groups in total. The zero-order valence-corrected chi connectivity index (χ0v) is 10.7. The van der Waals surface area contributed by atoms with Crippen LogP contribution in [0.25, 0.3) is 0 Å². The van der Waals surface area contributed by atoms with E-state index < -0.39 is 0 Å². The van der Waals surface area contributed by atoms with Crippen molar-refractivity contribution < 1.29 is 9.90 Å². The molecule has 0 saturated carbocycles. The van der Waals surface area contributed by atoms with Crippen LogP contribution >= 0.6 is 0 Å². The van der Waals surface area contributed by atoms with Gasteiger partial charge in [-0.2, -0.15) is 0 Å². The Hall–Kier alpha value is -2.49. The van der Waals surface area contributed by atoms with Gasteiger partial charge in [-0.3, -0.25) is 4.79 Å². The lowest BCUT2D eigenvalue weighted by Crippen LogP contribution is -2.23. The number of nitrogens with two attached hydrogens (primary N) is 1. The van der Waals surface area contributed by atoms with Crippen molar-refractivity contribution in [1.29, 1.82) is 0 Å². The third-order valence-corrected chi connectivity index (χ3v) is 2.85. The molecule has 2 aromatic carbocycles. The SMILES string of the molecule is Cc1cccc(CNC(=O)c2cccc(N)c2O)c1. The number of carbonyl (C=O) groups excluding carboxylic acids is 1. The van der Waals surface area contributed by atoms with Crippen LogP contribution in [-0.4, -0.2) is 11.0 Å². The molecular formula is C15H16N2O2. The number of rotatable bonds is 3. The molecule has 0 bridgehead atoms. The highest BCUT2D eigenvalue weighted by Gasteiger charge is 2.12. The largest absolute Gasteiger partial charge is 0.505 e. The van der Waals surface area contributed by atoms with Crippen LogP contribution < -0.4 is 11.1 Å². The van der Waals surface area contributed by atoms with Gasteiger partial charge in [0.2, 0.25) is 0 Å². The standard InChI is InChI=1S/C15H16N2O2/c1-10-4-2-5-11(8-10)9-17-15(19)12-6-3-7-13(16)14(12)18/h2-8,18H,9,16H2,1H3,(H,17,19). The van der Waals surface area contributed by atoms with Gasteiger partial charge in [-0.15, -0.1) is 0 Å². The van der Waals surface area contributed by atoms with Gasteiger partial charge >= 0.3 is 0 Å². The fourth-order valence-electron chi connectivity index (χ4n) is 1.84. The molecule has 0 radical (unpaired) electrons. The quantitative estimate of drug-likeness (QED) is 0.582. The summed E-state index contributed by atoms with van der Waals surface area (Å²) in [5, 5.41) is 12.5. The number of hydrogen-bond acceptors (Lipinski definition) is 3. The van der Waals surface area contributed by atoms with Crippen molar-refractivity contribution in [2.45, 2.75) is 13.5 Å². The van der Waals surface area contributed by atoms with Crippen molar-refractivity contribution in [3.8, 4) is 5.75 Å². The summed E-state index contributed by atoms with van der Waals surface area (Å²) < 4.78 is 0. The van der Waals surface area contributed by atoms with Crippen molar-refractivity contribution in [3.05, 3.63) is 59.2 Å². The number of phenolic OH excluding ortho intramolecular Hbond substituents is 1. The van der Waals surface area contributed by atoms with E-state index in [1.54, 1.807) is 12.1 Å². The highest BCUT2D eigenvalue weighted by atomic mass is 16.3. The molecule has 0 atom stereocenters. The van der Waals surface area contributed by atoms with Crippen molar-refractivity contribution in [2.24, 2.45) is 0 Å². The Morgan fingerprint density at radius 1 is 1.26 bits per heavy atom. The topological polar surface area (TPSA) is 75.4 Å². The first-order chi connectivity index (χ1) is 9.08. The highest BCUT2D eigenvalue weighted by molar-refractivity contribution is 5.98. The van der Waals surface area contributed by atoms with Gasteiger partial charge in [0.25, 0.3) is 5.91 Å². The van der Waals surface area contributed by atoms with Crippen LogP contribution in [0.15, 0.2) is 42.5 Å². The Labute approximate surface area is 111 Å². The second kappa shape index (κ2) is 5.44. The summed E-state index contributed by atoms with van der Waals surface area (Å²) in [4.78, 5) is 11.9. The lowest BCUT2D eigenvalue weighted by atomic mass is 10.1. The Morgan fingerprint density at radius 3 is 2.74 bits per heavy atom. The molecule has 2 rings (SSSR count). The van der Waals surface area contributed by atoms with Crippen molar-refractivity contribution in [2.75, 3.05) is 5.73 Å². The normalized spacial score (nSPS) is 10.2. The predicted octanol–water partition coefficient (Wildman–Crippen LogP) is 2.21. The Bertz CT molecular complexity index is 609. The number of benzene rings is 2. The summed E-state index contributed by atoms with van der Waals surface area (Å²) in [6.45, 7) is 2.41. The molecule has 0 aromatic heterocycles. The molecule has 0 fully saturated rings. The molecular weight excluding hydrogens is 240 g/mol. The van der Waals surface area contributed by atoms with E-state index in [1.807, 2.05) is 31.2 Å². The molecule has 0 aliphatic heterocycles. The molecule has 98 valence electrons. The molecule has 0 aliphatic rings. The Morgan fingerprint density at radius 2 is 2.00 bits per heavy atom. The maximum Gasteiger partial charge on any atom is 0.255 e. The summed E-state index contributed by atoms with van der Waals surface area (Å²) >= 11 is 0. The second-order valence-corrected chi connectivity index (χ2v) is 4.42. The smallest absolute Gasteiger partial charge is 0.255 e. The highest BCUT2D eigenvalue weighted by Crippen LogP contribution is 2.24. The molecule has 0 aliphatic carbocycles. The molecule has 0 saturated heterocycles. The van der Waals surface area contributed by atoms with Gasteiger partial charge in [-0.25, -0.2) is 0 Å². The zero-order chi connectivity index (χ0) is 13.8. The lowest BCUT2D eigenvalue weighted by Gasteiger charge is -2.08. The van der Waals surface area contributed by atoms with Crippen LogP contribution in [0.3, 0.4) is 0 Å². The number of carbonyl (C=O) groups is 1. The van der Waals surface area contributed by atoms with Crippen molar-refractivity contribution in [1.82, 2.24) is 5.32 Å². The number of nitrogen functional groups attached to an aromatic ring is 1. The van der Waals surface area contributed by atoms with Crippen LogP contribution in [0.1, 0.15) is 21.5 Å². The van der Waals surface area contributed by atoms with E-state index in [0.29, 0.717) is 6.54 Å². The van der Waals surface area contributed by atoms with Gasteiger partial charge in [0.05, 0.1) is 11.3 Å². The van der Waals surface area contributed by atoms with Crippen LogP contribution in [0.2, 0.25) is 0 Å². The van der Waals surface area contributed by atoms with E-state index in [9.17, 15) is 9.90 Å². The minimum Gasteiger partial charge on any atom is -0.505 e. The third kappa shape index (κ3) is 3.04. The fraction of sp³-hybridized carbons (Fsp3) is 0.133. The van der Waals surface area contributed by atoms with E-state index in [-0.39, 0.29) is 22.9 Å². The van der Waals surface area contributed by atoms with E-state index in [0.717, 1.165) is 11.1 Å². The number of phenols is 1. The van der Waals surface area contributed by atoms with E-state index in [1.165, 1.54) is 6.07 Å². The molecule has 2 aromatic rings. The van der Waals surface area contributed by atoms with Gasteiger partial charge in [-0.1, -0.05) is 35.9 Å². The van der Waals surface area contributed by atoms with Crippen molar-refractivity contribution in [3.63, 3.8) is 0 Å². The molecule has 1 amide bonds. The van der Waals surface area contributed by atoms with Gasteiger partial charge in [0.1, 0.15) is 0 Å². The third-order valence-electron chi connectivity index (χ3n) is 2.85. The first-order valence-electron chi connectivity index (χ1n) is 5.99. The molecule has 0 heterocycles. The number of aryl methyl sites for hydroxylation is 1. The number of hydrogen-bond donors (Lipinski definition) is 3. The van der Waals surface area contributed by atoms with Crippen LogP contribution in [0.5, 0.6) is 5.75 Å². The molecule has 4 nitrogen and oxygen atoms in total. The summed E-state index contributed by atoms with van der Waals surface area (Å²) in [7, 11) is 0. The minimum absolute atomic E-state index is 0.177. The fourth-order valence-corrected chi connectivity index (χ4v) is 1.84. The van der Waals surface area contributed by atoms with E-state index in [4.69, 9.17) is 5.73 Å². The first-order valence-corrected chi connectivity index (χ1v) is 5.99. The van der Waals surface area contributed by atoms with E-state index >= 15 is 0 Å². The molecule has 4 heteroatoms. The summed E-state index contributed by atoms with van der Waals surface area (Å²) in [6.07, 6.45) is 0.